The van der Waals surface area contributed by atoms with Gasteiger partial charge in [0.05, 0.1) is 0 Å². The molecule has 0 spiro atoms. The number of nitrogens with zero attached hydrogens (tertiary/aromatic N) is 2. The van der Waals surface area contributed by atoms with E-state index in [2.05, 4.69) is 10.4 Å². The van der Waals surface area contributed by atoms with E-state index in [0.29, 0.717) is 24.1 Å². The molecule has 1 heterocycles. The van der Waals surface area contributed by atoms with Gasteiger partial charge in [0.25, 0.3) is 5.91 Å². The van der Waals surface area contributed by atoms with Crippen LogP contribution in [0.15, 0.2) is 18.2 Å². The molecule has 1 aromatic carbocycles. The summed E-state index contributed by atoms with van der Waals surface area (Å²) in [6, 6.07) is 2.74. The predicted molar refractivity (Wildman–Crippen MR) is 93.9 cm³/mol. The molecule has 8 heteroatoms. The molecular weight excluding hydrogens is 356 g/mol. The topological polar surface area (TPSA) is 84.2 Å². The number of nitrogens with one attached hydrogen (secondary N) is 1. The second-order valence-electron chi connectivity index (χ2n) is 7.11. The zero-order valence-corrected chi connectivity index (χ0v) is 15.1. The minimum absolute atomic E-state index is 0.0656. The fourth-order valence-electron chi connectivity index (χ4n) is 3.39. The zero-order chi connectivity index (χ0) is 19.7. The van der Waals surface area contributed by atoms with Gasteiger partial charge < -0.3 is 10.4 Å². The fraction of sp³-hybridized carbons (Fsp3) is 0.421. The normalized spacial score (nSPS) is 14.3. The Morgan fingerprint density at radius 3 is 2.70 bits per heavy atom. The fourth-order valence-corrected chi connectivity index (χ4v) is 3.39. The number of hydrogen-bond donors (Lipinski definition) is 2. The molecule has 0 bridgehead atoms. The van der Waals surface area contributed by atoms with E-state index in [1.54, 1.807) is 0 Å². The number of hydrogen-bond acceptors (Lipinski definition) is 3. The van der Waals surface area contributed by atoms with E-state index in [-0.39, 0.29) is 23.7 Å². The van der Waals surface area contributed by atoms with E-state index in [1.807, 2.05) is 13.8 Å². The van der Waals surface area contributed by atoms with E-state index in [9.17, 15) is 23.5 Å². The smallest absolute Gasteiger partial charge is 0.326 e. The Bertz CT molecular complexity index is 893. The third-order valence-corrected chi connectivity index (χ3v) is 4.62. The largest absolute Gasteiger partial charge is 0.480 e. The van der Waals surface area contributed by atoms with Crippen molar-refractivity contribution in [1.29, 1.82) is 0 Å². The molecule has 2 N–H and O–H groups in total. The molecule has 1 aliphatic carbocycles. The van der Waals surface area contributed by atoms with Gasteiger partial charge in [-0.1, -0.05) is 19.9 Å². The van der Waals surface area contributed by atoms with Gasteiger partial charge >= 0.3 is 5.97 Å². The summed E-state index contributed by atoms with van der Waals surface area (Å²) < 4.78 is 29.1. The summed E-state index contributed by atoms with van der Waals surface area (Å²) in [7, 11) is 0. The molecule has 1 atom stereocenters. The standard InChI is InChI=1S/C19H21F2N3O3/c1-10(2)9-13(19(26)27)22-18(25)17-11-5-3-7-14(11)24(23-17)15-8-4-6-12(20)16(15)21/h4,6,8,10,13H,3,5,7,9H2,1-2H3,(H,22,25)(H,26,27)/t13-/m1/s1. The summed E-state index contributed by atoms with van der Waals surface area (Å²) in [5, 5.41) is 16.0. The first-order chi connectivity index (χ1) is 12.8. The Morgan fingerprint density at radius 1 is 1.30 bits per heavy atom. The Morgan fingerprint density at radius 2 is 2.04 bits per heavy atom. The minimum atomic E-state index is -1.12. The number of carboxylic acid groups (broad SMARTS) is 1. The van der Waals surface area contributed by atoms with E-state index in [0.717, 1.165) is 12.5 Å². The van der Waals surface area contributed by atoms with Gasteiger partial charge in [0.2, 0.25) is 0 Å². The van der Waals surface area contributed by atoms with E-state index in [1.165, 1.54) is 16.8 Å². The van der Waals surface area contributed by atoms with Crippen LogP contribution in [0.1, 0.15) is 48.4 Å². The highest BCUT2D eigenvalue weighted by molar-refractivity contribution is 5.96. The lowest BCUT2D eigenvalue weighted by Crippen LogP contribution is -2.42. The summed E-state index contributed by atoms with van der Waals surface area (Å²) in [5.41, 5.74) is 1.32. The number of aromatic nitrogens is 2. The number of amides is 1. The quantitative estimate of drug-likeness (QED) is 0.811. The number of fused-ring (bicyclic) bond motifs is 1. The second kappa shape index (κ2) is 7.46. The van der Waals surface area contributed by atoms with Gasteiger partial charge in [0.15, 0.2) is 17.3 Å². The van der Waals surface area contributed by atoms with Gasteiger partial charge in [-0.05, 0) is 43.7 Å². The average Bonchev–Trinajstić information content (AvgIpc) is 3.18. The van der Waals surface area contributed by atoms with Crippen molar-refractivity contribution in [2.24, 2.45) is 5.92 Å². The molecule has 3 rings (SSSR count). The summed E-state index contributed by atoms with van der Waals surface area (Å²) in [4.78, 5) is 24.1. The van der Waals surface area contributed by atoms with Gasteiger partial charge in [0.1, 0.15) is 11.7 Å². The Balaban J connectivity index is 1.97. The van der Waals surface area contributed by atoms with Crippen LogP contribution in [-0.2, 0) is 17.6 Å². The Labute approximate surface area is 155 Å². The van der Waals surface area contributed by atoms with Gasteiger partial charge in [0, 0.05) is 11.3 Å². The SMILES string of the molecule is CC(C)C[C@@H](NC(=O)c1nn(-c2cccc(F)c2F)c2c1CCC2)C(=O)O. The second-order valence-corrected chi connectivity index (χ2v) is 7.11. The third kappa shape index (κ3) is 3.70. The molecular formula is C19H21F2N3O3. The summed E-state index contributed by atoms with van der Waals surface area (Å²) in [6.07, 6.45) is 2.21. The number of carboxylic acids is 1. The summed E-state index contributed by atoms with van der Waals surface area (Å²) in [5.74, 6) is -3.69. The van der Waals surface area contributed by atoms with Gasteiger partial charge in [-0.3, -0.25) is 4.79 Å². The highest BCUT2D eigenvalue weighted by atomic mass is 19.2. The first kappa shape index (κ1) is 19.0. The Kier molecular flexibility index (Phi) is 5.25. The van der Waals surface area contributed by atoms with Crippen LogP contribution in [0.4, 0.5) is 8.78 Å². The average molecular weight is 377 g/mol. The number of rotatable bonds is 6. The summed E-state index contributed by atoms with van der Waals surface area (Å²) in [6.45, 7) is 3.72. The number of carbonyl (C=O) groups is 2. The molecule has 1 aliphatic rings. The van der Waals surface area contributed by atoms with Crippen LogP contribution in [0.25, 0.3) is 5.69 Å². The van der Waals surface area contributed by atoms with Crippen LogP contribution in [0, 0.1) is 17.6 Å². The van der Waals surface area contributed by atoms with Gasteiger partial charge in [-0.25, -0.2) is 18.3 Å². The van der Waals surface area contributed by atoms with Crippen molar-refractivity contribution in [2.75, 3.05) is 0 Å². The van der Waals surface area contributed by atoms with Crippen molar-refractivity contribution in [1.82, 2.24) is 15.1 Å². The molecule has 2 aromatic rings. The number of aliphatic carboxylic acids is 1. The molecule has 0 radical (unpaired) electrons. The highest BCUT2D eigenvalue weighted by Crippen LogP contribution is 2.29. The first-order valence-electron chi connectivity index (χ1n) is 8.88. The van der Waals surface area contributed by atoms with Gasteiger partial charge in [-0.15, -0.1) is 0 Å². The number of halogens is 2. The zero-order valence-electron chi connectivity index (χ0n) is 15.1. The highest BCUT2D eigenvalue weighted by Gasteiger charge is 2.30. The van der Waals surface area contributed by atoms with Crippen molar-refractivity contribution in [3.63, 3.8) is 0 Å². The van der Waals surface area contributed by atoms with Crippen LogP contribution in [-0.4, -0.2) is 32.8 Å². The van der Waals surface area contributed by atoms with Gasteiger partial charge in [-0.2, -0.15) is 5.10 Å². The van der Waals surface area contributed by atoms with Crippen LogP contribution in [0.2, 0.25) is 0 Å². The number of carbonyl (C=O) groups excluding carboxylic acids is 1. The van der Waals surface area contributed by atoms with Crippen molar-refractivity contribution in [3.8, 4) is 5.69 Å². The summed E-state index contributed by atoms with van der Waals surface area (Å²) >= 11 is 0. The molecule has 27 heavy (non-hydrogen) atoms. The van der Waals surface area contributed by atoms with Crippen molar-refractivity contribution < 1.29 is 23.5 Å². The van der Waals surface area contributed by atoms with Crippen LogP contribution in [0.3, 0.4) is 0 Å². The van der Waals surface area contributed by atoms with E-state index < -0.39 is 29.6 Å². The molecule has 0 unspecified atom stereocenters. The molecule has 0 aliphatic heterocycles. The molecule has 1 amide bonds. The maximum absolute atomic E-state index is 14.2. The lowest BCUT2D eigenvalue weighted by Gasteiger charge is -2.16. The minimum Gasteiger partial charge on any atom is -0.480 e. The predicted octanol–water partition coefficient (Wildman–Crippen LogP) is 2.87. The third-order valence-electron chi connectivity index (χ3n) is 4.62. The molecule has 0 saturated carbocycles. The van der Waals surface area contributed by atoms with Crippen molar-refractivity contribution in [3.05, 3.63) is 46.8 Å². The maximum Gasteiger partial charge on any atom is 0.326 e. The van der Waals surface area contributed by atoms with Crippen molar-refractivity contribution in [2.45, 2.75) is 45.6 Å². The molecule has 1 aromatic heterocycles. The maximum atomic E-state index is 14.2. The number of benzene rings is 1. The monoisotopic (exact) mass is 377 g/mol. The van der Waals surface area contributed by atoms with E-state index in [4.69, 9.17) is 0 Å². The molecule has 144 valence electrons. The molecule has 6 nitrogen and oxygen atoms in total. The van der Waals surface area contributed by atoms with Crippen LogP contribution >= 0.6 is 0 Å². The molecule has 0 saturated heterocycles. The van der Waals surface area contributed by atoms with Crippen LogP contribution < -0.4 is 5.32 Å². The lowest BCUT2D eigenvalue weighted by molar-refractivity contribution is -0.139. The first-order valence-corrected chi connectivity index (χ1v) is 8.88. The van der Waals surface area contributed by atoms with E-state index >= 15 is 0 Å². The Hall–Kier alpha value is -2.77. The van der Waals surface area contributed by atoms with Crippen molar-refractivity contribution >= 4 is 11.9 Å². The van der Waals surface area contributed by atoms with Crippen LogP contribution in [0.5, 0.6) is 0 Å². The lowest BCUT2D eigenvalue weighted by atomic mass is 10.0. The molecule has 0 fully saturated rings.